The van der Waals surface area contributed by atoms with E-state index in [1.807, 2.05) is 0 Å². The first-order chi connectivity index (χ1) is 7.63. The maximum absolute atomic E-state index is 11.4. The van der Waals surface area contributed by atoms with Crippen molar-refractivity contribution < 1.29 is 19.4 Å². The number of carboxylic acid groups (broad SMARTS) is 1. The predicted molar refractivity (Wildman–Crippen MR) is 56.3 cm³/mol. The summed E-state index contributed by atoms with van der Waals surface area (Å²) in [4.78, 5) is 22.0. The van der Waals surface area contributed by atoms with Crippen molar-refractivity contribution in [1.29, 1.82) is 0 Å². The Hall–Kier alpha value is -1.06. The van der Waals surface area contributed by atoms with E-state index in [1.165, 1.54) is 26.4 Å². The van der Waals surface area contributed by atoms with Crippen LogP contribution in [0.25, 0.3) is 0 Å². The van der Waals surface area contributed by atoms with Gasteiger partial charge < -0.3 is 14.6 Å². The molecule has 0 aromatic carbocycles. The van der Waals surface area contributed by atoms with Crippen LogP contribution in [-0.2, 0) is 14.3 Å². The van der Waals surface area contributed by atoms with Gasteiger partial charge in [0.15, 0.2) is 0 Å². The van der Waals surface area contributed by atoms with Crippen LogP contribution in [0, 0.1) is 11.8 Å². The van der Waals surface area contributed by atoms with E-state index in [0.29, 0.717) is 12.3 Å². The first-order valence-electron chi connectivity index (χ1n) is 5.91. The summed E-state index contributed by atoms with van der Waals surface area (Å²) in [5.74, 6) is -1.66. The summed E-state index contributed by atoms with van der Waals surface area (Å²) in [5.41, 5.74) is 0. The van der Waals surface area contributed by atoms with Crippen LogP contribution in [0.2, 0.25) is 0 Å². The number of aliphatic carboxylic acids is 1. The molecule has 4 nitrogen and oxygen atoms in total. The highest BCUT2D eigenvalue weighted by Crippen LogP contribution is 2.30. The van der Waals surface area contributed by atoms with Crippen LogP contribution in [0.4, 0.5) is 0 Å². The Bertz CT molecular complexity index is 243. The molecule has 4 heteroatoms. The van der Waals surface area contributed by atoms with Crippen LogP contribution in [0.3, 0.4) is 0 Å². The summed E-state index contributed by atoms with van der Waals surface area (Å²) in [6.07, 6.45) is 6.22. The molecule has 0 radical (unpaired) electrons. The first kappa shape index (κ1) is 13.0. The quantitative estimate of drug-likeness (QED) is 0.654. The molecule has 1 saturated carbocycles. The second kappa shape index (κ2) is 6.51. The van der Waals surface area contributed by atoms with E-state index in [4.69, 9.17) is 0 Å². The standard InChI is InChI=1S/C12H20O4/c1-16-12(15)10(8-11(13)14)7-9-5-3-2-4-6-9/h9-10H,2-8H2,1H3,(H,13,14)/p-1/t10-/m0/s1. The molecule has 1 rings (SSSR count). The SMILES string of the molecule is COC(=O)[C@H](CC(=O)[O-])CC1CCCCC1. The average molecular weight is 227 g/mol. The van der Waals surface area contributed by atoms with Gasteiger partial charge in [0.2, 0.25) is 0 Å². The Morgan fingerprint density at radius 1 is 1.31 bits per heavy atom. The van der Waals surface area contributed by atoms with E-state index in [-0.39, 0.29) is 6.42 Å². The third-order valence-electron chi connectivity index (χ3n) is 3.29. The van der Waals surface area contributed by atoms with Gasteiger partial charge in [0.25, 0.3) is 0 Å². The van der Waals surface area contributed by atoms with E-state index in [1.54, 1.807) is 0 Å². The molecule has 0 N–H and O–H groups in total. The zero-order valence-corrected chi connectivity index (χ0v) is 9.74. The lowest BCUT2D eigenvalue weighted by atomic mass is 9.82. The van der Waals surface area contributed by atoms with Gasteiger partial charge in [-0.15, -0.1) is 0 Å². The van der Waals surface area contributed by atoms with Gasteiger partial charge in [0, 0.05) is 12.4 Å². The highest BCUT2D eigenvalue weighted by Gasteiger charge is 2.24. The van der Waals surface area contributed by atoms with E-state index in [9.17, 15) is 14.7 Å². The minimum atomic E-state index is -1.17. The summed E-state index contributed by atoms with van der Waals surface area (Å²) in [6.45, 7) is 0. The number of ether oxygens (including phenoxy) is 1. The van der Waals surface area contributed by atoms with Gasteiger partial charge in [-0.1, -0.05) is 32.1 Å². The van der Waals surface area contributed by atoms with Crippen molar-refractivity contribution in [2.75, 3.05) is 7.11 Å². The van der Waals surface area contributed by atoms with Crippen LogP contribution in [0.5, 0.6) is 0 Å². The number of esters is 1. The second-order valence-corrected chi connectivity index (χ2v) is 4.54. The molecule has 1 aliphatic rings. The van der Waals surface area contributed by atoms with Gasteiger partial charge in [0.05, 0.1) is 13.0 Å². The van der Waals surface area contributed by atoms with Crippen molar-refractivity contribution in [3.63, 3.8) is 0 Å². The monoisotopic (exact) mass is 227 g/mol. The molecule has 92 valence electrons. The van der Waals surface area contributed by atoms with Crippen molar-refractivity contribution in [3.8, 4) is 0 Å². The van der Waals surface area contributed by atoms with Crippen LogP contribution < -0.4 is 5.11 Å². The second-order valence-electron chi connectivity index (χ2n) is 4.54. The molecule has 1 aliphatic carbocycles. The van der Waals surface area contributed by atoms with Gasteiger partial charge in [0.1, 0.15) is 0 Å². The van der Waals surface area contributed by atoms with Gasteiger partial charge in [-0.3, -0.25) is 4.79 Å². The van der Waals surface area contributed by atoms with Crippen molar-refractivity contribution in [1.82, 2.24) is 0 Å². The summed E-state index contributed by atoms with van der Waals surface area (Å²) < 4.78 is 4.62. The fraction of sp³-hybridized carbons (Fsp3) is 0.833. The van der Waals surface area contributed by atoms with Crippen LogP contribution in [0.1, 0.15) is 44.9 Å². The third-order valence-corrected chi connectivity index (χ3v) is 3.29. The Balaban J connectivity index is 2.47. The number of methoxy groups -OCH3 is 1. The molecule has 0 aromatic heterocycles. The van der Waals surface area contributed by atoms with Crippen molar-refractivity contribution >= 4 is 11.9 Å². The highest BCUT2D eigenvalue weighted by atomic mass is 16.5. The molecule has 0 saturated heterocycles. The van der Waals surface area contributed by atoms with Crippen LogP contribution >= 0.6 is 0 Å². The lowest BCUT2D eigenvalue weighted by Gasteiger charge is -2.25. The number of rotatable bonds is 5. The maximum Gasteiger partial charge on any atom is 0.309 e. The Morgan fingerprint density at radius 2 is 1.94 bits per heavy atom. The zero-order chi connectivity index (χ0) is 12.0. The normalized spacial score (nSPS) is 19.1. The van der Waals surface area contributed by atoms with E-state index < -0.39 is 17.9 Å². The minimum Gasteiger partial charge on any atom is -0.550 e. The summed E-state index contributed by atoms with van der Waals surface area (Å²) in [5, 5.41) is 10.6. The number of carbonyl (C=O) groups is 2. The Kier molecular flexibility index (Phi) is 5.29. The molecule has 0 aliphatic heterocycles. The van der Waals surface area contributed by atoms with Crippen LogP contribution in [0.15, 0.2) is 0 Å². The third kappa shape index (κ3) is 4.21. The van der Waals surface area contributed by atoms with Crippen molar-refractivity contribution in [2.45, 2.75) is 44.9 Å². The Labute approximate surface area is 96.0 Å². The lowest BCUT2D eigenvalue weighted by molar-refractivity contribution is -0.306. The van der Waals surface area contributed by atoms with Crippen LogP contribution in [-0.4, -0.2) is 19.0 Å². The number of hydrogen-bond donors (Lipinski definition) is 0. The molecular formula is C12H19O4-. The highest BCUT2D eigenvalue weighted by molar-refractivity contribution is 5.78. The summed E-state index contributed by atoms with van der Waals surface area (Å²) in [6, 6.07) is 0. The minimum absolute atomic E-state index is 0.219. The fourth-order valence-electron chi connectivity index (χ4n) is 2.46. The Morgan fingerprint density at radius 3 is 2.44 bits per heavy atom. The molecule has 0 amide bonds. The molecule has 1 fully saturated rings. The number of hydrogen-bond acceptors (Lipinski definition) is 4. The van der Waals surface area contributed by atoms with Gasteiger partial charge in [-0.05, 0) is 12.3 Å². The fourth-order valence-corrected chi connectivity index (χ4v) is 2.46. The first-order valence-corrected chi connectivity index (χ1v) is 5.91. The largest absolute Gasteiger partial charge is 0.550 e. The van der Waals surface area contributed by atoms with E-state index in [0.717, 1.165) is 12.8 Å². The molecule has 16 heavy (non-hydrogen) atoms. The van der Waals surface area contributed by atoms with Gasteiger partial charge in [-0.25, -0.2) is 0 Å². The lowest BCUT2D eigenvalue weighted by Crippen LogP contribution is -2.30. The van der Waals surface area contributed by atoms with Crippen molar-refractivity contribution in [3.05, 3.63) is 0 Å². The zero-order valence-electron chi connectivity index (χ0n) is 9.74. The summed E-state index contributed by atoms with van der Waals surface area (Å²) >= 11 is 0. The topological polar surface area (TPSA) is 66.4 Å². The smallest absolute Gasteiger partial charge is 0.309 e. The predicted octanol–water partition coefficient (Wildman–Crippen LogP) is 0.886. The van der Waals surface area contributed by atoms with E-state index in [2.05, 4.69) is 4.74 Å². The maximum atomic E-state index is 11.4. The average Bonchev–Trinajstić information content (AvgIpc) is 2.28. The molecule has 0 aromatic rings. The van der Waals surface area contributed by atoms with Gasteiger partial charge >= 0.3 is 5.97 Å². The number of carboxylic acids is 1. The van der Waals surface area contributed by atoms with Crippen molar-refractivity contribution in [2.24, 2.45) is 11.8 Å². The summed E-state index contributed by atoms with van der Waals surface area (Å²) in [7, 11) is 1.30. The molecule has 1 atom stereocenters. The number of carbonyl (C=O) groups excluding carboxylic acids is 2. The van der Waals surface area contributed by atoms with E-state index >= 15 is 0 Å². The molecule has 0 bridgehead atoms. The molecule has 0 spiro atoms. The van der Waals surface area contributed by atoms with Gasteiger partial charge in [-0.2, -0.15) is 0 Å². The molecule has 0 unspecified atom stereocenters. The molecular weight excluding hydrogens is 208 g/mol. The molecule has 0 heterocycles.